The molecule has 0 aliphatic heterocycles. The number of nitriles is 1. The minimum absolute atomic E-state index is 0.374. The van der Waals surface area contributed by atoms with E-state index in [1.165, 1.54) is 12.8 Å². The van der Waals surface area contributed by atoms with E-state index in [9.17, 15) is 0 Å². The first-order valence-electron chi connectivity index (χ1n) is 4.74. The molecule has 1 heteroatoms. The third-order valence-electron chi connectivity index (χ3n) is 3.18. The molecule has 12 heavy (non-hydrogen) atoms. The number of hydrogen-bond acceptors (Lipinski definition) is 1. The lowest BCUT2D eigenvalue weighted by Crippen LogP contribution is -2.16. The van der Waals surface area contributed by atoms with Gasteiger partial charge in [0.1, 0.15) is 0 Å². The highest BCUT2D eigenvalue weighted by Crippen LogP contribution is 2.53. The van der Waals surface area contributed by atoms with E-state index >= 15 is 0 Å². The van der Waals surface area contributed by atoms with Crippen LogP contribution in [0.15, 0.2) is 0 Å². The van der Waals surface area contributed by atoms with Crippen molar-refractivity contribution >= 4 is 0 Å². The van der Waals surface area contributed by atoms with E-state index in [2.05, 4.69) is 33.8 Å². The quantitative estimate of drug-likeness (QED) is 0.584. The molecule has 0 aromatic rings. The van der Waals surface area contributed by atoms with Gasteiger partial charge in [-0.05, 0) is 29.6 Å². The lowest BCUT2D eigenvalue weighted by atomic mass is 9.80. The van der Waals surface area contributed by atoms with Crippen LogP contribution in [0.25, 0.3) is 0 Å². The van der Waals surface area contributed by atoms with Crippen molar-refractivity contribution < 1.29 is 0 Å². The monoisotopic (exact) mass is 165 g/mol. The van der Waals surface area contributed by atoms with Gasteiger partial charge in [-0.25, -0.2) is 0 Å². The van der Waals surface area contributed by atoms with Gasteiger partial charge in [0.05, 0.1) is 6.07 Å². The van der Waals surface area contributed by atoms with Crippen LogP contribution in [0.3, 0.4) is 0 Å². The minimum atomic E-state index is 0.374. The smallest absolute Gasteiger partial charge is 0.0624 e. The van der Waals surface area contributed by atoms with Crippen molar-refractivity contribution in [1.82, 2.24) is 0 Å². The summed E-state index contributed by atoms with van der Waals surface area (Å²) in [5.74, 6) is 0.609. The number of nitrogens with zero attached hydrogens (tertiary/aromatic N) is 1. The van der Waals surface area contributed by atoms with Crippen molar-refractivity contribution in [1.29, 1.82) is 5.26 Å². The van der Waals surface area contributed by atoms with Gasteiger partial charge in [-0.2, -0.15) is 5.26 Å². The van der Waals surface area contributed by atoms with Crippen molar-refractivity contribution in [3.63, 3.8) is 0 Å². The van der Waals surface area contributed by atoms with Gasteiger partial charge >= 0.3 is 0 Å². The Bertz CT molecular complexity index is 208. The van der Waals surface area contributed by atoms with E-state index in [1.54, 1.807) is 0 Å². The van der Waals surface area contributed by atoms with Crippen molar-refractivity contribution in [3.8, 4) is 6.07 Å². The molecule has 0 aromatic heterocycles. The lowest BCUT2D eigenvalue weighted by molar-refractivity contribution is 0.255. The largest absolute Gasteiger partial charge is 0.198 e. The predicted octanol–water partition coefficient (Wildman–Crippen LogP) is 3.36. The summed E-state index contributed by atoms with van der Waals surface area (Å²) in [5, 5.41) is 8.68. The van der Waals surface area contributed by atoms with Crippen LogP contribution < -0.4 is 0 Å². The summed E-state index contributed by atoms with van der Waals surface area (Å²) in [4.78, 5) is 0. The Morgan fingerprint density at radius 2 is 1.92 bits per heavy atom. The number of hydrogen-bond donors (Lipinski definition) is 0. The highest BCUT2D eigenvalue weighted by Gasteiger charge is 2.44. The molecule has 1 fully saturated rings. The van der Waals surface area contributed by atoms with Crippen molar-refractivity contribution in [2.24, 2.45) is 16.7 Å². The van der Waals surface area contributed by atoms with Gasteiger partial charge in [-0.1, -0.05) is 27.7 Å². The van der Waals surface area contributed by atoms with Gasteiger partial charge in [0.15, 0.2) is 0 Å². The summed E-state index contributed by atoms with van der Waals surface area (Å²) in [5.41, 5.74) is 0.824. The van der Waals surface area contributed by atoms with Gasteiger partial charge in [0, 0.05) is 6.42 Å². The topological polar surface area (TPSA) is 23.8 Å². The maximum Gasteiger partial charge on any atom is 0.0624 e. The van der Waals surface area contributed by atoms with E-state index < -0.39 is 0 Å². The Labute approximate surface area is 75.8 Å². The second-order valence-corrected chi connectivity index (χ2v) is 5.59. The highest BCUT2D eigenvalue weighted by molar-refractivity contribution is 4.97. The summed E-state index contributed by atoms with van der Waals surface area (Å²) in [6, 6.07) is 2.30. The predicted molar refractivity (Wildman–Crippen MR) is 50.5 cm³/mol. The first-order valence-corrected chi connectivity index (χ1v) is 4.74. The van der Waals surface area contributed by atoms with E-state index in [4.69, 9.17) is 5.26 Å². The molecule has 0 spiro atoms. The fourth-order valence-electron chi connectivity index (χ4n) is 2.85. The van der Waals surface area contributed by atoms with Crippen LogP contribution in [0, 0.1) is 28.1 Å². The third-order valence-corrected chi connectivity index (χ3v) is 3.18. The molecule has 1 aliphatic carbocycles. The third kappa shape index (κ3) is 1.80. The first-order chi connectivity index (χ1) is 5.37. The van der Waals surface area contributed by atoms with Crippen molar-refractivity contribution in [2.45, 2.75) is 47.0 Å². The molecule has 68 valence electrons. The van der Waals surface area contributed by atoms with Crippen LogP contribution in [0.2, 0.25) is 0 Å². The molecular weight excluding hydrogens is 146 g/mol. The van der Waals surface area contributed by atoms with Gasteiger partial charge in [0.2, 0.25) is 0 Å². The summed E-state index contributed by atoms with van der Waals surface area (Å²) < 4.78 is 0. The second kappa shape index (κ2) is 2.76. The molecule has 0 saturated heterocycles. The Morgan fingerprint density at radius 3 is 2.25 bits per heavy atom. The summed E-state index contributed by atoms with van der Waals surface area (Å²) in [6.45, 7) is 9.21. The minimum Gasteiger partial charge on any atom is -0.198 e. The molecule has 0 aromatic carbocycles. The zero-order valence-corrected chi connectivity index (χ0v) is 8.65. The molecule has 0 amide bonds. The number of rotatable bonds is 1. The Kier molecular flexibility index (Phi) is 2.21. The molecule has 1 atom stereocenters. The van der Waals surface area contributed by atoms with E-state index in [-0.39, 0.29) is 0 Å². The fourth-order valence-corrected chi connectivity index (χ4v) is 2.85. The maximum absolute atomic E-state index is 8.68. The summed E-state index contributed by atoms with van der Waals surface area (Å²) >= 11 is 0. The van der Waals surface area contributed by atoms with Gasteiger partial charge in [0.25, 0.3) is 0 Å². The molecule has 1 unspecified atom stereocenters. The molecule has 0 N–H and O–H groups in total. The molecule has 1 rings (SSSR count). The highest BCUT2D eigenvalue weighted by atomic mass is 14.5. The Balaban J connectivity index is 2.72. The van der Waals surface area contributed by atoms with Crippen LogP contribution in [0.1, 0.15) is 47.0 Å². The van der Waals surface area contributed by atoms with Crippen molar-refractivity contribution in [2.75, 3.05) is 0 Å². The fraction of sp³-hybridized carbons (Fsp3) is 0.909. The van der Waals surface area contributed by atoms with E-state index in [0.717, 1.165) is 6.42 Å². The molecule has 0 radical (unpaired) electrons. The molecule has 1 nitrogen and oxygen atoms in total. The van der Waals surface area contributed by atoms with E-state index in [0.29, 0.717) is 16.7 Å². The molecule has 1 saturated carbocycles. The normalized spacial score (nSPS) is 31.4. The Hall–Kier alpha value is -0.510. The molecule has 0 heterocycles. The van der Waals surface area contributed by atoms with Crippen LogP contribution >= 0.6 is 0 Å². The van der Waals surface area contributed by atoms with Gasteiger partial charge < -0.3 is 0 Å². The second-order valence-electron chi connectivity index (χ2n) is 5.59. The molecule has 1 aliphatic rings. The SMILES string of the molecule is CC1(C)CC(CC#N)C(C)(C)C1. The average molecular weight is 165 g/mol. The van der Waals surface area contributed by atoms with Crippen LogP contribution in [-0.2, 0) is 0 Å². The molecular formula is C11H19N. The Morgan fingerprint density at radius 1 is 1.33 bits per heavy atom. The standard InChI is InChI=1S/C11H19N/c1-10(2)7-9(5-6-12)11(3,4)8-10/h9H,5,7-8H2,1-4H3. The van der Waals surface area contributed by atoms with E-state index in [1.807, 2.05) is 0 Å². The lowest BCUT2D eigenvalue weighted by Gasteiger charge is -2.25. The zero-order chi connectivity index (χ0) is 9.41. The van der Waals surface area contributed by atoms with Gasteiger partial charge in [-0.15, -0.1) is 0 Å². The van der Waals surface area contributed by atoms with Crippen LogP contribution in [-0.4, -0.2) is 0 Å². The van der Waals surface area contributed by atoms with Gasteiger partial charge in [-0.3, -0.25) is 0 Å². The first kappa shape index (κ1) is 9.58. The summed E-state index contributed by atoms with van der Waals surface area (Å²) in [7, 11) is 0. The summed E-state index contributed by atoms with van der Waals surface area (Å²) in [6.07, 6.45) is 3.20. The zero-order valence-electron chi connectivity index (χ0n) is 8.65. The maximum atomic E-state index is 8.68. The van der Waals surface area contributed by atoms with Crippen LogP contribution in [0.5, 0.6) is 0 Å². The molecule has 0 bridgehead atoms. The van der Waals surface area contributed by atoms with Crippen LogP contribution in [0.4, 0.5) is 0 Å². The average Bonchev–Trinajstić information content (AvgIpc) is 2.01. The van der Waals surface area contributed by atoms with Crippen molar-refractivity contribution in [3.05, 3.63) is 0 Å².